The molecule has 4 N–H and O–H groups in total. The number of hydrogen-bond donors (Lipinski definition) is 4. The highest BCUT2D eigenvalue weighted by atomic mass is 16.5. The van der Waals surface area contributed by atoms with Gasteiger partial charge in [-0.15, -0.1) is 0 Å². The van der Waals surface area contributed by atoms with Gasteiger partial charge in [-0.3, -0.25) is 9.78 Å². The Labute approximate surface area is 217 Å². The molecule has 1 aliphatic rings. The lowest BCUT2D eigenvalue weighted by atomic mass is 10.1. The quantitative estimate of drug-likeness (QED) is 0.245. The fraction of sp³-hybridized carbons (Fsp3) is 0.111. The summed E-state index contributed by atoms with van der Waals surface area (Å²) < 4.78 is 5.59. The standard InChI is InChI=1S/C27H22N8O3/c36-15-22(16-4-2-1-3-5-16)31-20-12-24(33-23-7-6-18-21(32-23)14-30-26(18)37)29-13-19(20)27-34-25(35-38-27)17-8-10-28-11-9-17/h1-13,22,36H,14-15H2,(H,30,37)(H2,29,31,32,33)/t22-/m1/s1. The first-order chi connectivity index (χ1) is 18.7. The average Bonchev–Trinajstić information content (AvgIpc) is 3.60. The van der Waals surface area contributed by atoms with Gasteiger partial charge in [0.1, 0.15) is 11.6 Å². The summed E-state index contributed by atoms with van der Waals surface area (Å²) in [6.07, 6.45) is 4.93. The van der Waals surface area contributed by atoms with Crippen molar-refractivity contribution in [3.63, 3.8) is 0 Å². The zero-order valence-corrected chi connectivity index (χ0v) is 20.0. The molecule has 0 spiro atoms. The van der Waals surface area contributed by atoms with Crippen molar-refractivity contribution in [3.8, 4) is 22.8 Å². The minimum Gasteiger partial charge on any atom is -0.394 e. The Hall–Kier alpha value is -5.16. The van der Waals surface area contributed by atoms with Gasteiger partial charge in [0, 0.05) is 30.2 Å². The molecule has 1 amide bonds. The lowest BCUT2D eigenvalue weighted by Crippen LogP contribution is -2.15. The summed E-state index contributed by atoms with van der Waals surface area (Å²) in [5.74, 6) is 1.60. The number of nitrogens with one attached hydrogen (secondary N) is 3. The Balaban J connectivity index is 1.35. The van der Waals surface area contributed by atoms with Gasteiger partial charge in [0.15, 0.2) is 0 Å². The summed E-state index contributed by atoms with van der Waals surface area (Å²) in [5.41, 5.74) is 4.10. The maximum Gasteiger partial charge on any atom is 0.261 e. The smallest absolute Gasteiger partial charge is 0.261 e. The molecule has 5 aromatic rings. The van der Waals surface area contributed by atoms with Crippen molar-refractivity contribution in [3.05, 3.63) is 96.1 Å². The number of aliphatic hydroxyl groups is 1. The molecule has 11 heteroatoms. The number of carbonyl (C=O) groups excluding carboxylic acids is 1. The van der Waals surface area contributed by atoms with Crippen LogP contribution in [0.25, 0.3) is 22.8 Å². The topological polar surface area (TPSA) is 151 Å². The molecule has 4 aromatic heterocycles. The maximum absolute atomic E-state index is 11.9. The molecule has 0 fully saturated rings. The van der Waals surface area contributed by atoms with E-state index >= 15 is 0 Å². The normalized spacial score (nSPS) is 13.0. The van der Waals surface area contributed by atoms with E-state index in [1.165, 1.54) is 0 Å². The first-order valence-electron chi connectivity index (χ1n) is 11.9. The lowest BCUT2D eigenvalue weighted by molar-refractivity contribution is 0.0965. The number of aromatic nitrogens is 5. The molecule has 38 heavy (non-hydrogen) atoms. The fourth-order valence-electron chi connectivity index (χ4n) is 4.18. The van der Waals surface area contributed by atoms with E-state index in [0.717, 1.165) is 11.1 Å². The fourth-order valence-corrected chi connectivity index (χ4v) is 4.18. The predicted octanol–water partition coefficient (Wildman–Crippen LogP) is 3.72. The van der Waals surface area contributed by atoms with Crippen molar-refractivity contribution in [2.24, 2.45) is 0 Å². The van der Waals surface area contributed by atoms with Crippen LogP contribution >= 0.6 is 0 Å². The average molecular weight is 507 g/mol. The van der Waals surface area contributed by atoms with Crippen molar-refractivity contribution in [1.29, 1.82) is 0 Å². The van der Waals surface area contributed by atoms with Gasteiger partial charge in [-0.2, -0.15) is 4.98 Å². The highest BCUT2D eigenvalue weighted by Gasteiger charge is 2.21. The van der Waals surface area contributed by atoms with Gasteiger partial charge in [-0.05, 0) is 29.8 Å². The third-order valence-electron chi connectivity index (χ3n) is 6.10. The van der Waals surface area contributed by atoms with Crippen LogP contribution in [0.15, 0.2) is 83.8 Å². The maximum atomic E-state index is 11.9. The second-order valence-corrected chi connectivity index (χ2v) is 8.56. The molecule has 188 valence electrons. The molecule has 1 aromatic carbocycles. The molecule has 1 aliphatic heterocycles. The zero-order chi connectivity index (χ0) is 25.9. The zero-order valence-electron chi connectivity index (χ0n) is 20.0. The number of anilines is 3. The SMILES string of the molecule is O=C1NCc2nc(Nc3cc(N[C@H](CO)c4ccccc4)c(-c4nc(-c5ccncc5)no4)cn3)ccc21. The van der Waals surface area contributed by atoms with E-state index < -0.39 is 6.04 Å². The minimum atomic E-state index is -0.400. The number of rotatable bonds is 8. The molecular weight excluding hydrogens is 484 g/mol. The van der Waals surface area contributed by atoms with E-state index in [0.29, 0.717) is 46.5 Å². The van der Waals surface area contributed by atoms with Crippen LogP contribution in [0.4, 0.5) is 17.3 Å². The van der Waals surface area contributed by atoms with E-state index in [4.69, 9.17) is 4.52 Å². The van der Waals surface area contributed by atoms with Crippen LogP contribution in [-0.2, 0) is 6.54 Å². The van der Waals surface area contributed by atoms with E-state index in [9.17, 15) is 9.90 Å². The van der Waals surface area contributed by atoms with Gasteiger partial charge in [-0.25, -0.2) is 9.97 Å². The predicted molar refractivity (Wildman–Crippen MR) is 139 cm³/mol. The second kappa shape index (κ2) is 10.1. The number of amides is 1. The number of aliphatic hydroxyl groups excluding tert-OH is 1. The number of fused-ring (bicyclic) bond motifs is 1. The van der Waals surface area contributed by atoms with Gasteiger partial charge >= 0.3 is 0 Å². The Kier molecular flexibility index (Phi) is 6.16. The van der Waals surface area contributed by atoms with E-state index in [-0.39, 0.29) is 18.4 Å². The number of nitrogens with zero attached hydrogens (tertiary/aromatic N) is 5. The van der Waals surface area contributed by atoms with Gasteiger partial charge in [0.05, 0.1) is 41.7 Å². The summed E-state index contributed by atoms with van der Waals surface area (Å²) in [6, 6.07) is 18.1. The van der Waals surface area contributed by atoms with Crippen molar-refractivity contribution in [2.75, 3.05) is 17.2 Å². The molecule has 0 bridgehead atoms. The van der Waals surface area contributed by atoms with Gasteiger partial charge in [-0.1, -0.05) is 35.5 Å². The monoisotopic (exact) mass is 506 g/mol. The lowest BCUT2D eigenvalue weighted by Gasteiger charge is -2.20. The molecule has 0 aliphatic carbocycles. The molecule has 0 radical (unpaired) electrons. The van der Waals surface area contributed by atoms with Crippen molar-refractivity contribution in [2.45, 2.75) is 12.6 Å². The Morgan fingerprint density at radius 2 is 1.84 bits per heavy atom. The van der Waals surface area contributed by atoms with Crippen molar-refractivity contribution >= 4 is 23.2 Å². The molecular formula is C27H22N8O3. The first-order valence-corrected chi connectivity index (χ1v) is 11.9. The molecule has 6 rings (SSSR count). The molecule has 5 heterocycles. The molecule has 1 atom stereocenters. The van der Waals surface area contributed by atoms with E-state index in [2.05, 4.69) is 41.0 Å². The van der Waals surface area contributed by atoms with Crippen LogP contribution in [0.2, 0.25) is 0 Å². The minimum absolute atomic E-state index is 0.130. The summed E-state index contributed by atoms with van der Waals surface area (Å²) in [5, 5.41) is 23.6. The Morgan fingerprint density at radius 3 is 2.66 bits per heavy atom. The van der Waals surface area contributed by atoms with Crippen LogP contribution in [-0.4, -0.2) is 42.7 Å². The van der Waals surface area contributed by atoms with Gasteiger partial charge in [0.25, 0.3) is 11.8 Å². The Bertz CT molecular complexity index is 1590. The van der Waals surface area contributed by atoms with Crippen LogP contribution in [0, 0.1) is 0 Å². The summed E-state index contributed by atoms with van der Waals surface area (Å²) in [6.45, 7) is 0.239. The summed E-state index contributed by atoms with van der Waals surface area (Å²) in [4.78, 5) is 29.5. The highest BCUT2D eigenvalue weighted by Crippen LogP contribution is 2.33. The van der Waals surface area contributed by atoms with Crippen LogP contribution < -0.4 is 16.0 Å². The third-order valence-corrected chi connectivity index (χ3v) is 6.10. The van der Waals surface area contributed by atoms with E-state index in [1.807, 2.05) is 30.3 Å². The third kappa shape index (κ3) is 4.65. The summed E-state index contributed by atoms with van der Waals surface area (Å²) >= 11 is 0. The van der Waals surface area contributed by atoms with Crippen molar-refractivity contribution < 1.29 is 14.4 Å². The molecule has 0 saturated heterocycles. The van der Waals surface area contributed by atoms with Gasteiger partial charge in [0.2, 0.25) is 5.82 Å². The number of carbonyl (C=O) groups is 1. The number of pyridine rings is 3. The van der Waals surface area contributed by atoms with Crippen LogP contribution in [0.3, 0.4) is 0 Å². The number of benzene rings is 1. The Morgan fingerprint density at radius 1 is 1.00 bits per heavy atom. The molecule has 0 saturated carbocycles. The molecule has 0 unspecified atom stereocenters. The summed E-state index contributed by atoms with van der Waals surface area (Å²) in [7, 11) is 0. The first kappa shape index (κ1) is 23.3. The number of hydrogen-bond acceptors (Lipinski definition) is 10. The van der Waals surface area contributed by atoms with Crippen LogP contribution in [0.1, 0.15) is 27.7 Å². The van der Waals surface area contributed by atoms with Crippen LogP contribution in [0.5, 0.6) is 0 Å². The largest absolute Gasteiger partial charge is 0.394 e. The highest BCUT2D eigenvalue weighted by molar-refractivity contribution is 5.98. The van der Waals surface area contributed by atoms with E-state index in [1.54, 1.807) is 48.9 Å². The van der Waals surface area contributed by atoms with Gasteiger partial charge < -0.3 is 25.6 Å². The van der Waals surface area contributed by atoms with Crippen molar-refractivity contribution in [1.82, 2.24) is 30.4 Å². The second-order valence-electron chi connectivity index (χ2n) is 8.56. The molecule has 11 nitrogen and oxygen atoms in total.